The summed E-state index contributed by atoms with van der Waals surface area (Å²) in [7, 11) is 0. The highest BCUT2D eigenvalue weighted by atomic mass is 15.0. The first kappa shape index (κ1) is 12.5. The number of nitrogens with one attached hydrogen (secondary N) is 1. The Kier molecular flexibility index (Phi) is 4.30. The molecule has 0 atom stereocenters. The Hall–Kier alpha value is -1.56. The lowest BCUT2D eigenvalue weighted by Crippen LogP contribution is -2.23. The van der Waals surface area contributed by atoms with E-state index < -0.39 is 0 Å². The van der Waals surface area contributed by atoms with Gasteiger partial charge in [0.2, 0.25) is 0 Å². The molecule has 1 heterocycles. The molecule has 0 fully saturated rings. The Bertz CT molecular complexity index is 377. The number of rotatable bonds is 5. The minimum absolute atomic E-state index is 0.126. The second-order valence-corrected chi connectivity index (χ2v) is 4.84. The SMILES string of the molecule is Cc1cccc(NCC(C)(C)CCC#N)n1. The number of anilines is 1. The van der Waals surface area contributed by atoms with Gasteiger partial charge in [0.25, 0.3) is 0 Å². The van der Waals surface area contributed by atoms with Gasteiger partial charge in [-0.2, -0.15) is 5.26 Å². The van der Waals surface area contributed by atoms with Crippen LogP contribution in [0.25, 0.3) is 0 Å². The quantitative estimate of drug-likeness (QED) is 0.824. The Morgan fingerprint density at radius 1 is 1.44 bits per heavy atom. The molecule has 0 amide bonds. The van der Waals surface area contributed by atoms with Crippen LogP contribution in [0.3, 0.4) is 0 Å². The summed E-state index contributed by atoms with van der Waals surface area (Å²) in [5.74, 6) is 0.907. The average Bonchev–Trinajstić information content (AvgIpc) is 2.24. The lowest BCUT2D eigenvalue weighted by Gasteiger charge is -2.24. The molecule has 3 heteroatoms. The van der Waals surface area contributed by atoms with Crippen LogP contribution in [-0.2, 0) is 0 Å². The first-order valence-electron chi connectivity index (χ1n) is 5.58. The van der Waals surface area contributed by atoms with Crippen molar-refractivity contribution in [3.05, 3.63) is 23.9 Å². The van der Waals surface area contributed by atoms with Crippen LogP contribution in [-0.4, -0.2) is 11.5 Å². The van der Waals surface area contributed by atoms with Crippen molar-refractivity contribution >= 4 is 5.82 Å². The van der Waals surface area contributed by atoms with Crippen LogP contribution in [0, 0.1) is 23.7 Å². The van der Waals surface area contributed by atoms with Crippen LogP contribution in [0.4, 0.5) is 5.82 Å². The molecule has 3 nitrogen and oxygen atoms in total. The summed E-state index contributed by atoms with van der Waals surface area (Å²) < 4.78 is 0. The fourth-order valence-corrected chi connectivity index (χ4v) is 1.45. The third kappa shape index (κ3) is 4.31. The molecule has 0 saturated heterocycles. The summed E-state index contributed by atoms with van der Waals surface area (Å²) >= 11 is 0. The Morgan fingerprint density at radius 3 is 2.81 bits per heavy atom. The van der Waals surface area contributed by atoms with Crippen LogP contribution >= 0.6 is 0 Å². The molecule has 1 aromatic heterocycles. The van der Waals surface area contributed by atoms with Crippen LogP contribution < -0.4 is 5.32 Å². The van der Waals surface area contributed by atoms with Crippen LogP contribution in [0.1, 0.15) is 32.4 Å². The molecule has 86 valence electrons. The molecule has 1 aromatic rings. The van der Waals surface area contributed by atoms with Gasteiger partial charge in [-0.3, -0.25) is 0 Å². The van der Waals surface area contributed by atoms with Gasteiger partial charge in [0.05, 0.1) is 6.07 Å². The summed E-state index contributed by atoms with van der Waals surface area (Å²) in [5, 5.41) is 11.9. The van der Waals surface area contributed by atoms with E-state index in [-0.39, 0.29) is 5.41 Å². The molecule has 1 N–H and O–H groups in total. The maximum Gasteiger partial charge on any atom is 0.126 e. The van der Waals surface area contributed by atoms with Crippen molar-refractivity contribution in [1.82, 2.24) is 4.98 Å². The molecule has 0 saturated carbocycles. The van der Waals surface area contributed by atoms with E-state index in [0.29, 0.717) is 6.42 Å². The van der Waals surface area contributed by atoms with Gasteiger partial charge in [0, 0.05) is 18.7 Å². The van der Waals surface area contributed by atoms with Gasteiger partial charge >= 0.3 is 0 Å². The van der Waals surface area contributed by atoms with Gasteiger partial charge < -0.3 is 5.32 Å². The fraction of sp³-hybridized carbons (Fsp3) is 0.538. The van der Waals surface area contributed by atoms with E-state index in [1.807, 2.05) is 25.1 Å². The topological polar surface area (TPSA) is 48.7 Å². The number of pyridine rings is 1. The number of nitriles is 1. The summed E-state index contributed by atoms with van der Waals surface area (Å²) in [6.07, 6.45) is 1.51. The van der Waals surface area contributed by atoms with Gasteiger partial charge in [0.15, 0.2) is 0 Å². The molecule has 0 aliphatic heterocycles. The average molecular weight is 217 g/mol. The molecule has 0 aromatic carbocycles. The fourth-order valence-electron chi connectivity index (χ4n) is 1.45. The molecule has 0 bridgehead atoms. The number of aryl methyl sites for hydroxylation is 1. The second kappa shape index (κ2) is 5.50. The third-order valence-corrected chi connectivity index (χ3v) is 2.55. The zero-order valence-electron chi connectivity index (χ0n) is 10.2. The largest absolute Gasteiger partial charge is 0.370 e. The molecular weight excluding hydrogens is 198 g/mol. The zero-order valence-corrected chi connectivity index (χ0v) is 10.2. The summed E-state index contributed by atoms with van der Waals surface area (Å²) in [6, 6.07) is 8.12. The first-order chi connectivity index (χ1) is 7.53. The lowest BCUT2D eigenvalue weighted by atomic mass is 9.88. The van der Waals surface area contributed by atoms with Crippen molar-refractivity contribution in [2.45, 2.75) is 33.6 Å². The van der Waals surface area contributed by atoms with Gasteiger partial charge in [-0.15, -0.1) is 0 Å². The predicted molar refractivity (Wildman–Crippen MR) is 66.1 cm³/mol. The van der Waals surface area contributed by atoms with Gasteiger partial charge in [0.1, 0.15) is 5.82 Å². The normalized spacial score (nSPS) is 10.9. The van der Waals surface area contributed by atoms with E-state index in [4.69, 9.17) is 5.26 Å². The Morgan fingerprint density at radius 2 is 2.19 bits per heavy atom. The number of hydrogen-bond acceptors (Lipinski definition) is 3. The molecule has 16 heavy (non-hydrogen) atoms. The molecule has 0 spiro atoms. The van der Waals surface area contributed by atoms with E-state index >= 15 is 0 Å². The first-order valence-corrected chi connectivity index (χ1v) is 5.58. The van der Waals surface area contributed by atoms with Crippen molar-refractivity contribution < 1.29 is 0 Å². The maximum absolute atomic E-state index is 8.57. The van der Waals surface area contributed by atoms with Crippen LogP contribution in [0.2, 0.25) is 0 Å². The summed E-state index contributed by atoms with van der Waals surface area (Å²) in [5.41, 5.74) is 1.14. The highest BCUT2D eigenvalue weighted by molar-refractivity contribution is 5.35. The van der Waals surface area contributed by atoms with Crippen LogP contribution in [0.5, 0.6) is 0 Å². The zero-order chi connectivity index (χ0) is 12.0. The minimum atomic E-state index is 0.126. The van der Waals surface area contributed by atoms with Gasteiger partial charge in [-0.1, -0.05) is 19.9 Å². The van der Waals surface area contributed by atoms with E-state index in [2.05, 4.69) is 30.2 Å². The van der Waals surface area contributed by atoms with Crippen molar-refractivity contribution in [2.75, 3.05) is 11.9 Å². The van der Waals surface area contributed by atoms with Crippen molar-refractivity contribution in [2.24, 2.45) is 5.41 Å². The minimum Gasteiger partial charge on any atom is -0.370 e. The molecule has 0 unspecified atom stereocenters. The lowest BCUT2D eigenvalue weighted by molar-refractivity contribution is 0.363. The molecular formula is C13H19N3. The van der Waals surface area contributed by atoms with Crippen molar-refractivity contribution in [1.29, 1.82) is 5.26 Å². The molecule has 0 aliphatic carbocycles. The number of nitrogens with zero attached hydrogens (tertiary/aromatic N) is 2. The Balaban J connectivity index is 2.48. The van der Waals surface area contributed by atoms with Gasteiger partial charge in [-0.25, -0.2) is 4.98 Å². The molecule has 0 aliphatic rings. The predicted octanol–water partition coefficient (Wildman–Crippen LogP) is 3.13. The van der Waals surface area contributed by atoms with Gasteiger partial charge in [-0.05, 0) is 30.9 Å². The third-order valence-electron chi connectivity index (χ3n) is 2.55. The smallest absolute Gasteiger partial charge is 0.126 e. The monoisotopic (exact) mass is 217 g/mol. The van der Waals surface area contributed by atoms with E-state index in [1.54, 1.807) is 0 Å². The highest BCUT2D eigenvalue weighted by Crippen LogP contribution is 2.22. The molecule has 0 radical (unpaired) electrons. The van der Waals surface area contributed by atoms with Crippen molar-refractivity contribution in [3.8, 4) is 6.07 Å². The number of aromatic nitrogens is 1. The second-order valence-electron chi connectivity index (χ2n) is 4.84. The molecule has 1 rings (SSSR count). The maximum atomic E-state index is 8.57. The van der Waals surface area contributed by atoms with E-state index in [1.165, 1.54) is 0 Å². The number of hydrogen-bond donors (Lipinski definition) is 1. The summed E-state index contributed by atoms with van der Waals surface area (Å²) in [6.45, 7) is 7.14. The van der Waals surface area contributed by atoms with Crippen molar-refractivity contribution in [3.63, 3.8) is 0 Å². The summed E-state index contributed by atoms with van der Waals surface area (Å²) in [4.78, 5) is 4.38. The highest BCUT2D eigenvalue weighted by Gasteiger charge is 2.17. The van der Waals surface area contributed by atoms with E-state index in [0.717, 1.165) is 24.5 Å². The van der Waals surface area contributed by atoms with Crippen LogP contribution in [0.15, 0.2) is 18.2 Å². The standard InChI is InChI=1S/C13H19N3/c1-11-6-4-7-12(16-11)15-10-13(2,3)8-5-9-14/h4,6-7H,5,8,10H2,1-3H3,(H,15,16). The Labute approximate surface area is 97.5 Å². The van der Waals surface area contributed by atoms with E-state index in [9.17, 15) is 0 Å².